The van der Waals surface area contributed by atoms with Gasteiger partial charge in [-0.25, -0.2) is 0 Å². The van der Waals surface area contributed by atoms with Gasteiger partial charge in [0.25, 0.3) is 5.69 Å². The number of thiocarbonyl (C=S) groups is 1. The van der Waals surface area contributed by atoms with Crippen LogP contribution in [-0.2, 0) is 4.79 Å². The zero-order valence-corrected chi connectivity index (χ0v) is 15.8. The highest BCUT2D eigenvalue weighted by Gasteiger charge is 2.34. The van der Waals surface area contributed by atoms with Crippen LogP contribution in [0, 0.1) is 10.1 Å². The minimum Gasteiger partial charge on any atom is -0.374 e. The Morgan fingerprint density at radius 3 is 2.55 bits per heavy atom. The van der Waals surface area contributed by atoms with Crippen LogP contribution in [0.15, 0.2) is 58.7 Å². The van der Waals surface area contributed by atoms with Crippen molar-refractivity contribution in [2.24, 2.45) is 15.9 Å². The van der Waals surface area contributed by atoms with Gasteiger partial charge in [-0.15, -0.1) is 0 Å². The molecule has 0 spiro atoms. The molecule has 0 saturated heterocycles. The summed E-state index contributed by atoms with van der Waals surface area (Å²) in [5.74, 6) is -0.771. The first-order valence-corrected chi connectivity index (χ1v) is 8.61. The largest absolute Gasteiger partial charge is 0.374 e. The van der Waals surface area contributed by atoms with Gasteiger partial charge in [-0.1, -0.05) is 12.1 Å². The lowest BCUT2D eigenvalue weighted by molar-refractivity contribution is -0.384. The number of nitro groups is 1. The van der Waals surface area contributed by atoms with E-state index in [1.165, 1.54) is 31.2 Å². The SMILES string of the molecule is CC(=O)c1cccc(N/N=C2/C(=O)N(C(N)=S)N=C2c2ccc([N+](=O)[O-])cc2)c1. The molecule has 3 N–H and O–H groups in total. The highest BCUT2D eigenvalue weighted by Crippen LogP contribution is 2.18. The summed E-state index contributed by atoms with van der Waals surface area (Å²) in [6.45, 7) is 1.44. The molecular formula is C18H14N6O4S. The molecule has 29 heavy (non-hydrogen) atoms. The van der Waals surface area contributed by atoms with E-state index < -0.39 is 10.8 Å². The molecule has 2 aromatic carbocycles. The van der Waals surface area contributed by atoms with Crippen LogP contribution in [0.25, 0.3) is 0 Å². The third-order valence-electron chi connectivity index (χ3n) is 3.95. The number of nitrogens with two attached hydrogens (primary N) is 1. The average Bonchev–Trinajstić information content (AvgIpc) is 3.03. The molecule has 1 amide bonds. The Labute approximate surface area is 169 Å². The molecule has 1 heterocycles. The minimum absolute atomic E-state index is 0.0834. The maximum atomic E-state index is 12.6. The second kappa shape index (κ2) is 7.94. The van der Waals surface area contributed by atoms with E-state index in [2.05, 4.69) is 15.6 Å². The molecule has 0 saturated carbocycles. The summed E-state index contributed by atoms with van der Waals surface area (Å²) in [6.07, 6.45) is 0. The number of hydrazone groups is 2. The molecule has 11 heteroatoms. The van der Waals surface area contributed by atoms with Crippen molar-refractivity contribution in [1.82, 2.24) is 5.01 Å². The van der Waals surface area contributed by atoms with Crippen molar-refractivity contribution in [2.45, 2.75) is 6.92 Å². The van der Waals surface area contributed by atoms with Crippen molar-refractivity contribution in [3.63, 3.8) is 0 Å². The number of nitrogens with zero attached hydrogens (tertiary/aromatic N) is 4. The molecule has 0 radical (unpaired) electrons. The molecule has 1 aliphatic heterocycles. The summed E-state index contributed by atoms with van der Waals surface area (Å²) in [6, 6.07) is 12.0. The fourth-order valence-electron chi connectivity index (χ4n) is 2.51. The number of anilines is 1. The molecule has 0 atom stereocenters. The van der Waals surface area contributed by atoms with Crippen molar-refractivity contribution >= 4 is 51.8 Å². The number of rotatable bonds is 5. The second-order valence-corrected chi connectivity index (χ2v) is 6.34. The van der Waals surface area contributed by atoms with E-state index in [9.17, 15) is 19.7 Å². The van der Waals surface area contributed by atoms with E-state index in [-0.39, 0.29) is 28.0 Å². The Kier molecular flexibility index (Phi) is 5.41. The molecule has 146 valence electrons. The number of ketones is 1. The molecule has 0 fully saturated rings. The van der Waals surface area contributed by atoms with Crippen LogP contribution >= 0.6 is 12.2 Å². The Morgan fingerprint density at radius 1 is 1.28 bits per heavy atom. The van der Waals surface area contributed by atoms with Gasteiger partial charge in [0.1, 0.15) is 5.71 Å². The maximum absolute atomic E-state index is 12.6. The molecule has 0 aromatic heterocycles. The molecule has 2 aromatic rings. The lowest BCUT2D eigenvalue weighted by atomic mass is 10.1. The van der Waals surface area contributed by atoms with Crippen LogP contribution in [0.3, 0.4) is 0 Å². The normalized spacial score (nSPS) is 14.7. The number of Topliss-reactive ketones (excluding diaryl/α,β-unsaturated/α-hetero) is 1. The van der Waals surface area contributed by atoms with Crippen molar-refractivity contribution < 1.29 is 14.5 Å². The van der Waals surface area contributed by atoms with Crippen molar-refractivity contribution in [2.75, 3.05) is 5.43 Å². The highest BCUT2D eigenvalue weighted by atomic mass is 32.1. The standard InChI is InChI=1S/C18H14N6O4S/c1-10(25)12-3-2-4-13(9-12)20-21-16-15(22-23(17(16)26)18(19)29)11-5-7-14(8-6-11)24(27)28/h2-9,20H,1H3,(H2,19,29)/b21-16+. The first-order valence-electron chi connectivity index (χ1n) is 8.20. The summed E-state index contributed by atoms with van der Waals surface area (Å²) in [4.78, 5) is 34.4. The quantitative estimate of drug-likeness (QED) is 0.332. The third-order valence-corrected chi connectivity index (χ3v) is 4.12. The Bertz CT molecular complexity index is 1090. The van der Waals surface area contributed by atoms with Gasteiger partial charge < -0.3 is 5.73 Å². The van der Waals surface area contributed by atoms with Crippen LogP contribution < -0.4 is 11.2 Å². The predicted octanol–water partition coefficient (Wildman–Crippen LogP) is 2.06. The summed E-state index contributed by atoms with van der Waals surface area (Å²) >= 11 is 4.84. The van der Waals surface area contributed by atoms with Crippen LogP contribution in [-0.4, -0.2) is 38.2 Å². The van der Waals surface area contributed by atoms with E-state index in [4.69, 9.17) is 18.0 Å². The van der Waals surface area contributed by atoms with Gasteiger partial charge in [-0.2, -0.15) is 15.2 Å². The molecule has 0 aliphatic carbocycles. The molecule has 10 nitrogen and oxygen atoms in total. The molecule has 3 rings (SSSR count). The number of nitro benzene ring substituents is 1. The predicted molar refractivity (Wildman–Crippen MR) is 111 cm³/mol. The van der Waals surface area contributed by atoms with E-state index in [1.54, 1.807) is 24.3 Å². The second-order valence-electron chi connectivity index (χ2n) is 5.92. The van der Waals surface area contributed by atoms with Crippen molar-refractivity contribution in [3.8, 4) is 0 Å². The van der Waals surface area contributed by atoms with Gasteiger partial charge in [-0.05, 0) is 43.4 Å². The van der Waals surface area contributed by atoms with Gasteiger partial charge in [0.2, 0.25) is 0 Å². The smallest absolute Gasteiger partial charge is 0.303 e. The lowest BCUT2D eigenvalue weighted by Gasteiger charge is -2.07. The van der Waals surface area contributed by atoms with Gasteiger partial charge in [0.15, 0.2) is 16.6 Å². The fourth-order valence-corrected chi connectivity index (χ4v) is 2.63. The van der Waals surface area contributed by atoms with Crippen molar-refractivity contribution in [3.05, 3.63) is 69.8 Å². The summed E-state index contributed by atoms with van der Waals surface area (Å²) in [5, 5.41) is 19.6. The number of carbonyl (C=O) groups is 2. The molecule has 0 unspecified atom stereocenters. The number of non-ortho nitro benzene ring substituents is 1. The topological polar surface area (TPSA) is 143 Å². The monoisotopic (exact) mass is 410 g/mol. The van der Waals surface area contributed by atoms with Gasteiger partial charge in [-0.3, -0.25) is 25.1 Å². The number of amides is 1. The summed E-state index contributed by atoms with van der Waals surface area (Å²) in [5.41, 5.74) is 9.59. The fraction of sp³-hybridized carbons (Fsp3) is 0.0556. The Balaban J connectivity index is 1.97. The number of hydrogen-bond acceptors (Lipinski definition) is 8. The third kappa shape index (κ3) is 4.14. The maximum Gasteiger partial charge on any atom is 0.303 e. The van der Waals surface area contributed by atoms with Crippen LogP contribution in [0.4, 0.5) is 11.4 Å². The number of benzene rings is 2. The zero-order valence-electron chi connectivity index (χ0n) is 15.0. The van der Waals surface area contributed by atoms with E-state index >= 15 is 0 Å². The average molecular weight is 410 g/mol. The van der Waals surface area contributed by atoms with Gasteiger partial charge >= 0.3 is 5.91 Å². The Hall–Kier alpha value is -3.99. The zero-order chi connectivity index (χ0) is 21.1. The van der Waals surface area contributed by atoms with Crippen LogP contribution in [0.5, 0.6) is 0 Å². The van der Waals surface area contributed by atoms with Crippen LogP contribution in [0.2, 0.25) is 0 Å². The first-order chi connectivity index (χ1) is 13.8. The van der Waals surface area contributed by atoms with Crippen LogP contribution in [0.1, 0.15) is 22.8 Å². The summed E-state index contributed by atoms with van der Waals surface area (Å²) in [7, 11) is 0. The van der Waals surface area contributed by atoms with Crippen molar-refractivity contribution in [1.29, 1.82) is 0 Å². The highest BCUT2D eigenvalue weighted by molar-refractivity contribution is 7.80. The first kappa shape index (κ1) is 19.8. The molecular weight excluding hydrogens is 396 g/mol. The summed E-state index contributed by atoms with van der Waals surface area (Å²) < 4.78 is 0. The van der Waals surface area contributed by atoms with E-state index in [0.717, 1.165) is 5.01 Å². The number of carbonyl (C=O) groups excluding carboxylic acids is 2. The lowest BCUT2D eigenvalue weighted by Crippen LogP contribution is -2.36. The molecule has 0 bridgehead atoms. The van der Waals surface area contributed by atoms with E-state index in [0.29, 0.717) is 16.8 Å². The number of nitrogens with one attached hydrogen (secondary N) is 1. The number of hydrogen-bond donors (Lipinski definition) is 2. The molecule has 1 aliphatic rings. The Morgan fingerprint density at radius 2 is 1.97 bits per heavy atom. The van der Waals surface area contributed by atoms with Gasteiger partial charge in [0.05, 0.1) is 10.6 Å². The van der Waals surface area contributed by atoms with Gasteiger partial charge in [0, 0.05) is 23.3 Å². The van der Waals surface area contributed by atoms with E-state index in [1.807, 2.05) is 0 Å². The minimum atomic E-state index is -0.652.